The molecule has 2 nitrogen and oxygen atoms in total. The Bertz CT molecular complexity index is 276. The summed E-state index contributed by atoms with van der Waals surface area (Å²) in [7, 11) is 0. The minimum atomic E-state index is 0.664. The van der Waals surface area contributed by atoms with Crippen LogP contribution in [-0.2, 0) is 4.79 Å². The molecule has 0 spiro atoms. The first-order chi connectivity index (χ1) is 10.3. The molecule has 0 fully saturated rings. The summed E-state index contributed by atoms with van der Waals surface area (Å²) in [6.07, 6.45) is 21.7. The van der Waals surface area contributed by atoms with E-state index in [1.54, 1.807) is 0 Å². The van der Waals surface area contributed by atoms with Crippen LogP contribution < -0.4 is 5.32 Å². The molecule has 0 unspecified atom stereocenters. The van der Waals surface area contributed by atoms with Crippen LogP contribution in [0.1, 0.15) is 90.4 Å². The summed E-state index contributed by atoms with van der Waals surface area (Å²) in [5.74, 6) is 0. The van der Waals surface area contributed by atoms with E-state index in [0.29, 0.717) is 11.4 Å². The molecule has 0 bridgehead atoms. The zero-order valence-corrected chi connectivity index (χ0v) is 14.6. The number of thiocarbonyl (C=S) groups is 1. The third kappa shape index (κ3) is 17.2. The molecule has 1 N–H and O–H groups in total. The maximum Gasteiger partial charge on any atom is 0.211 e. The van der Waals surface area contributed by atoms with Crippen molar-refractivity contribution in [2.24, 2.45) is 0 Å². The quantitative estimate of drug-likeness (QED) is 0.182. The Morgan fingerprint density at radius 1 is 0.857 bits per heavy atom. The Labute approximate surface area is 136 Å². The summed E-state index contributed by atoms with van der Waals surface area (Å²) in [6.45, 7) is 2.26. The molecule has 0 aromatic carbocycles. The van der Waals surface area contributed by atoms with Gasteiger partial charge in [0.1, 0.15) is 0 Å². The lowest BCUT2D eigenvalue weighted by Gasteiger charge is -2.01. The van der Waals surface area contributed by atoms with Crippen molar-refractivity contribution in [1.82, 2.24) is 5.32 Å². The van der Waals surface area contributed by atoms with Gasteiger partial charge in [-0.1, -0.05) is 76.2 Å². The Kier molecular flexibility index (Phi) is 16.8. The van der Waals surface area contributed by atoms with Crippen molar-refractivity contribution in [2.75, 3.05) is 0 Å². The van der Waals surface area contributed by atoms with E-state index in [2.05, 4.69) is 24.4 Å². The predicted octanol–water partition coefficient (Wildman–Crippen LogP) is 5.71. The largest absolute Gasteiger partial charge is 0.323 e. The molecule has 0 aliphatic heterocycles. The van der Waals surface area contributed by atoms with Crippen molar-refractivity contribution in [2.45, 2.75) is 90.4 Å². The summed E-state index contributed by atoms with van der Waals surface area (Å²) in [5, 5.41) is 2.53. The van der Waals surface area contributed by atoms with Crippen LogP contribution in [0.15, 0.2) is 12.2 Å². The van der Waals surface area contributed by atoms with Gasteiger partial charge < -0.3 is 5.32 Å². The van der Waals surface area contributed by atoms with Gasteiger partial charge in [0.05, 0.1) is 4.99 Å². The molecular formula is C18H33NOS. The lowest BCUT2D eigenvalue weighted by atomic mass is 10.1. The number of unbranched alkanes of at least 4 members (excludes halogenated alkanes) is 10. The molecule has 0 saturated heterocycles. The molecule has 0 saturated carbocycles. The second-order valence-electron chi connectivity index (χ2n) is 5.67. The fourth-order valence-corrected chi connectivity index (χ4v) is 2.51. The zero-order chi connectivity index (χ0) is 15.6. The van der Waals surface area contributed by atoms with Crippen LogP contribution in [0.25, 0.3) is 0 Å². The highest BCUT2D eigenvalue weighted by atomic mass is 32.1. The van der Waals surface area contributed by atoms with Gasteiger partial charge in [-0.05, 0) is 38.5 Å². The van der Waals surface area contributed by atoms with Crippen LogP contribution in [0.2, 0.25) is 0 Å². The van der Waals surface area contributed by atoms with Crippen LogP contribution in [0, 0.1) is 0 Å². The number of carbonyl (C=O) groups excluding carboxylic acids is 1. The first-order valence-corrected chi connectivity index (χ1v) is 9.10. The van der Waals surface area contributed by atoms with Crippen molar-refractivity contribution in [3.63, 3.8) is 0 Å². The lowest BCUT2D eigenvalue weighted by Crippen LogP contribution is -2.18. The maximum atomic E-state index is 10.2. The van der Waals surface area contributed by atoms with Crippen LogP contribution in [-0.4, -0.2) is 11.4 Å². The first kappa shape index (κ1) is 20.3. The topological polar surface area (TPSA) is 29.1 Å². The summed E-state index contributed by atoms with van der Waals surface area (Å²) in [5.41, 5.74) is 0. The van der Waals surface area contributed by atoms with Gasteiger partial charge in [0.25, 0.3) is 0 Å². The monoisotopic (exact) mass is 311 g/mol. The van der Waals surface area contributed by atoms with Crippen molar-refractivity contribution in [1.29, 1.82) is 0 Å². The highest BCUT2D eigenvalue weighted by molar-refractivity contribution is 7.80. The molecule has 0 rings (SSSR count). The zero-order valence-electron chi connectivity index (χ0n) is 13.7. The van der Waals surface area contributed by atoms with Crippen LogP contribution in [0.3, 0.4) is 0 Å². The minimum Gasteiger partial charge on any atom is -0.323 e. The van der Waals surface area contributed by atoms with Crippen molar-refractivity contribution < 1.29 is 4.79 Å². The molecule has 21 heavy (non-hydrogen) atoms. The molecule has 0 aliphatic carbocycles. The number of allylic oxidation sites excluding steroid dienone is 2. The van der Waals surface area contributed by atoms with E-state index in [0.717, 1.165) is 12.8 Å². The third-order valence-electron chi connectivity index (χ3n) is 3.64. The molecule has 0 aromatic rings. The number of amides is 1. The number of carbonyl (C=O) groups is 1. The van der Waals surface area contributed by atoms with Crippen molar-refractivity contribution >= 4 is 23.6 Å². The van der Waals surface area contributed by atoms with Gasteiger partial charge in [-0.2, -0.15) is 0 Å². The number of rotatable bonds is 15. The van der Waals surface area contributed by atoms with Gasteiger partial charge in [0.2, 0.25) is 6.41 Å². The maximum absolute atomic E-state index is 10.2. The standard InChI is InChI=1S/C18H33NOS/c1-2-3-4-5-6-7-8-9-10-11-12-13-14-15-16-18(21)19-17-20/h9-10,17H,2-8,11-16H2,1H3,(H,19,20,21)/b10-9-. The Balaban J connectivity index is 3.15. The van der Waals surface area contributed by atoms with E-state index < -0.39 is 0 Å². The smallest absolute Gasteiger partial charge is 0.211 e. The van der Waals surface area contributed by atoms with Crippen molar-refractivity contribution in [3.8, 4) is 0 Å². The summed E-state index contributed by atoms with van der Waals surface area (Å²) >= 11 is 4.99. The fourth-order valence-electron chi connectivity index (χ4n) is 2.32. The van der Waals surface area contributed by atoms with E-state index in [-0.39, 0.29) is 0 Å². The first-order valence-electron chi connectivity index (χ1n) is 8.69. The van der Waals surface area contributed by atoms with Crippen molar-refractivity contribution in [3.05, 3.63) is 12.2 Å². The van der Waals surface area contributed by atoms with Gasteiger partial charge in [-0.3, -0.25) is 4.79 Å². The predicted molar refractivity (Wildman–Crippen MR) is 96.6 cm³/mol. The molecule has 0 heterocycles. The van der Waals surface area contributed by atoms with Gasteiger partial charge in [-0.25, -0.2) is 0 Å². The average molecular weight is 312 g/mol. The summed E-state index contributed by atoms with van der Waals surface area (Å²) < 4.78 is 0. The second-order valence-corrected chi connectivity index (χ2v) is 6.16. The molecular weight excluding hydrogens is 278 g/mol. The van der Waals surface area contributed by atoms with Crippen LogP contribution in [0.4, 0.5) is 0 Å². The number of nitrogens with one attached hydrogen (secondary N) is 1. The molecule has 0 aromatic heterocycles. The minimum absolute atomic E-state index is 0.664. The normalized spacial score (nSPS) is 10.9. The molecule has 0 atom stereocenters. The molecule has 3 heteroatoms. The summed E-state index contributed by atoms with van der Waals surface area (Å²) in [4.78, 5) is 10.8. The summed E-state index contributed by atoms with van der Waals surface area (Å²) in [6, 6.07) is 0. The highest BCUT2D eigenvalue weighted by Crippen LogP contribution is 2.09. The molecule has 122 valence electrons. The van der Waals surface area contributed by atoms with E-state index in [1.165, 1.54) is 70.6 Å². The van der Waals surface area contributed by atoms with Gasteiger partial charge in [0, 0.05) is 0 Å². The highest BCUT2D eigenvalue weighted by Gasteiger charge is 1.94. The van der Waals surface area contributed by atoms with E-state index in [9.17, 15) is 4.79 Å². The molecule has 0 radical (unpaired) electrons. The molecule has 0 aliphatic rings. The van der Waals surface area contributed by atoms with E-state index in [4.69, 9.17) is 12.2 Å². The number of hydrogen-bond donors (Lipinski definition) is 1. The van der Waals surface area contributed by atoms with Gasteiger partial charge >= 0.3 is 0 Å². The molecule has 1 amide bonds. The Hall–Kier alpha value is -0.700. The third-order valence-corrected chi connectivity index (χ3v) is 3.96. The SMILES string of the molecule is CCCCCCCC/C=C\CCCCCCC(=S)NC=O. The number of hydrogen-bond acceptors (Lipinski definition) is 2. The van der Waals surface area contributed by atoms with Crippen LogP contribution >= 0.6 is 12.2 Å². The van der Waals surface area contributed by atoms with Gasteiger partial charge in [-0.15, -0.1) is 0 Å². The van der Waals surface area contributed by atoms with E-state index >= 15 is 0 Å². The average Bonchev–Trinajstić information content (AvgIpc) is 2.48. The van der Waals surface area contributed by atoms with Gasteiger partial charge in [0.15, 0.2) is 0 Å². The van der Waals surface area contributed by atoms with Crippen LogP contribution in [0.5, 0.6) is 0 Å². The second kappa shape index (κ2) is 17.4. The Morgan fingerprint density at radius 2 is 1.38 bits per heavy atom. The van der Waals surface area contributed by atoms with E-state index in [1.807, 2.05) is 0 Å². The lowest BCUT2D eigenvalue weighted by molar-refractivity contribution is -0.108. The fraction of sp³-hybridized carbons (Fsp3) is 0.778. The Morgan fingerprint density at radius 3 is 1.95 bits per heavy atom.